The Kier molecular flexibility index (Phi) is 4.92. The highest BCUT2D eigenvalue weighted by atomic mass is 32.2. The number of carbonyl (C=O) groups excluding carboxylic acids is 1. The fourth-order valence-electron chi connectivity index (χ4n) is 1.91. The average molecular weight is 347 g/mol. The molecule has 0 aliphatic rings. The molecule has 3 rings (SSSR count). The lowest BCUT2D eigenvalue weighted by atomic mass is 10.2. The minimum Gasteiger partial charge on any atom is -0.347 e. The molecule has 1 amide bonds. The number of nitrogens with zero attached hydrogens (tertiary/aromatic N) is 1. The zero-order valence-electron chi connectivity index (χ0n) is 11.9. The van der Waals surface area contributed by atoms with E-state index < -0.39 is 0 Å². The second kappa shape index (κ2) is 7.09. The molecule has 1 aromatic carbocycles. The van der Waals surface area contributed by atoms with Gasteiger partial charge in [-0.05, 0) is 35.4 Å². The molecule has 2 aromatic heterocycles. The van der Waals surface area contributed by atoms with Gasteiger partial charge in [0.2, 0.25) is 0 Å². The number of hydrogen-bond acceptors (Lipinski definition) is 5. The van der Waals surface area contributed by atoms with Crippen LogP contribution in [0, 0.1) is 0 Å². The smallest absolute Gasteiger partial charge is 0.263 e. The number of benzene rings is 1. The second-order valence-corrected chi connectivity index (χ2v) is 7.40. The van der Waals surface area contributed by atoms with Crippen LogP contribution in [0.25, 0.3) is 9.88 Å². The van der Waals surface area contributed by atoms with Crippen molar-refractivity contribution in [2.75, 3.05) is 6.26 Å². The minimum absolute atomic E-state index is 0.0748. The number of rotatable bonds is 5. The first-order chi connectivity index (χ1) is 10.8. The summed E-state index contributed by atoms with van der Waals surface area (Å²) in [4.78, 5) is 19.5. The molecule has 0 radical (unpaired) electrons. The molecule has 1 N–H and O–H groups in total. The van der Waals surface area contributed by atoms with Gasteiger partial charge in [-0.3, -0.25) is 4.79 Å². The molecule has 0 spiro atoms. The van der Waals surface area contributed by atoms with Crippen molar-refractivity contribution in [3.05, 3.63) is 58.4 Å². The van der Waals surface area contributed by atoms with Crippen LogP contribution >= 0.6 is 34.4 Å². The fraction of sp³-hybridized carbons (Fsp3) is 0.125. The van der Waals surface area contributed by atoms with Gasteiger partial charge in [0.15, 0.2) is 0 Å². The van der Waals surface area contributed by atoms with Crippen molar-refractivity contribution in [1.82, 2.24) is 10.3 Å². The van der Waals surface area contributed by atoms with Gasteiger partial charge < -0.3 is 5.32 Å². The summed E-state index contributed by atoms with van der Waals surface area (Å²) < 4.78 is 0. The highest BCUT2D eigenvalue weighted by molar-refractivity contribution is 7.98. The summed E-state index contributed by atoms with van der Waals surface area (Å²) in [6.45, 7) is 0.528. The number of aromatic nitrogens is 1. The van der Waals surface area contributed by atoms with Crippen molar-refractivity contribution in [2.24, 2.45) is 0 Å². The Morgan fingerprint density at radius 1 is 1.27 bits per heavy atom. The average Bonchev–Trinajstić information content (AvgIpc) is 3.23. The summed E-state index contributed by atoms with van der Waals surface area (Å²) in [7, 11) is 0. The van der Waals surface area contributed by atoms with Gasteiger partial charge in [0.1, 0.15) is 9.88 Å². The van der Waals surface area contributed by atoms with Crippen LogP contribution in [0.2, 0.25) is 0 Å². The monoisotopic (exact) mass is 346 g/mol. The topological polar surface area (TPSA) is 42.0 Å². The lowest BCUT2D eigenvalue weighted by molar-refractivity contribution is 0.0955. The fourth-order valence-corrected chi connectivity index (χ4v) is 3.95. The van der Waals surface area contributed by atoms with Crippen molar-refractivity contribution in [1.29, 1.82) is 0 Å². The van der Waals surface area contributed by atoms with Crippen LogP contribution in [0.3, 0.4) is 0 Å². The molecule has 3 aromatic rings. The molecule has 3 nitrogen and oxygen atoms in total. The van der Waals surface area contributed by atoms with Gasteiger partial charge >= 0.3 is 0 Å². The molecular weight excluding hydrogens is 332 g/mol. The molecular formula is C16H14N2OS3. The molecule has 112 valence electrons. The lowest BCUT2D eigenvalue weighted by Gasteiger charge is -2.04. The van der Waals surface area contributed by atoms with E-state index in [0.29, 0.717) is 11.4 Å². The maximum atomic E-state index is 12.2. The van der Waals surface area contributed by atoms with Gasteiger partial charge in [-0.15, -0.1) is 34.4 Å². The molecule has 6 heteroatoms. The molecule has 0 fully saturated rings. The summed E-state index contributed by atoms with van der Waals surface area (Å²) in [5, 5.41) is 5.84. The largest absolute Gasteiger partial charge is 0.347 e. The lowest BCUT2D eigenvalue weighted by Crippen LogP contribution is -2.21. The van der Waals surface area contributed by atoms with Crippen molar-refractivity contribution < 1.29 is 4.79 Å². The van der Waals surface area contributed by atoms with Crippen LogP contribution < -0.4 is 5.32 Å². The van der Waals surface area contributed by atoms with E-state index in [-0.39, 0.29) is 5.91 Å². The maximum absolute atomic E-state index is 12.2. The molecule has 0 saturated carbocycles. The molecule has 2 heterocycles. The van der Waals surface area contributed by atoms with Gasteiger partial charge in [-0.2, -0.15) is 0 Å². The van der Waals surface area contributed by atoms with Crippen molar-refractivity contribution in [3.63, 3.8) is 0 Å². The highest BCUT2D eigenvalue weighted by Gasteiger charge is 2.11. The number of amides is 1. The minimum atomic E-state index is -0.0748. The molecule has 0 atom stereocenters. The molecule has 0 saturated heterocycles. The van der Waals surface area contributed by atoms with Gasteiger partial charge in [0.25, 0.3) is 5.91 Å². The van der Waals surface area contributed by atoms with E-state index in [1.54, 1.807) is 29.3 Å². The summed E-state index contributed by atoms with van der Waals surface area (Å²) in [6, 6.07) is 12.2. The van der Waals surface area contributed by atoms with Gasteiger partial charge in [-0.25, -0.2) is 4.98 Å². The molecule has 22 heavy (non-hydrogen) atoms. The maximum Gasteiger partial charge on any atom is 0.263 e. The number of nitrogens with one attached hydrogen (secondary N) is 1. The first-order valence-corrected chi connectivity index (χ1v) is 9.59. The third-order valence-electron chi connectivity index (χ3n) is 3.07. The van der Waals surface area contributed by atoms with Gasteiger partial charge in [-0.1, -0.05) is 18.2 Å². The van der Waals surface area contributed by atoms with Crippen LogP contribution in [0.15, 0.2) is 52.9 Å². The Morgan fingerprint density at radius 3 is 2.77 bits per heavy atom. The molecule has 0 bridgehead atoms. The predicted molar refractivity (Wildman–Crippen MR) is 94.8 cm³/mol. The standard InChI is InChI=1S/C16H14N2OS3/c1-20-12-6-4-11(5-7-12)9-17-15(19)14-10-18-16(22-14)13-3-2-8-21-13/h2-8,10H,9H2,1H3,(H,17,19). The van der Waals surface area contributed by atoms with Gasteiger partial charge in [0, 0.05) is 11.4 Å². The Balaban J connectivity index is 1.62. The SMILES string of the molecule is CSc1ccc(CNC(=O)c2cnc(-c3cccs3)s2)cc1. The zero-order chi connectivity index (χ0) is 15.4. The first kappa shape index (κ1) is 15.3. The number of hydrogen-bond donors (Lipinski definition) is 1. The Morgan fingerprint density at radius 2 is 2.09 bits per heavy atom. The van der Waals surface area contributed by atoms with E-state index in [0.717, 1.165) is 15.4 Å². The number of carbonyl (C=O) groups is 1. The Labute approximate surface area is 141 Å². The van der Waals surface area contributed by atoms with Crippen LogP contribution in [-0.4, -0.2) is 17.1 Å². The third-order valence-corrected chi connectivity index (χ3v) is 5.85. The van der Waals surface area contributed by atoms with Crippen LogP contribution in [0.4, 0.5) is 0 Å². The van der Waals surface area contributed by atoms with Crippen LogP contribution in [-0.2, 0) is 6.54 Å². The van der Waals surface area contributed by atoms with E-state index in [2.05, 4.69) is 22.4 Å². The Hall–Kier alpha value is -1.63. The number of thiophene rings is 1. The summed E-state index contributed by atoms with van der Waals surface area (Å²) in [5.74, 6) is -0.0748. The van der Waals surface area contributed by atoms with Crippen LogP contribution in [0.1, 0.15) is 15.2 Å². The molecule has 0 aliphatic heterocycles. The quantitative estimate of drug-likeness (QED) is 0.691. The summed E-state index contributed by atoms with van der Waals surface area (Å²) in [6.07, 6.45) is 3.69. The van der Waals surface area contributed by atoms with E-state index in [1.165, 1.54) is 16.2 Å². The first-order valence-electron chi connectivity index (χ1n) is 6.67. The summed E-state index contributed by atoms with van der Waals surface area (Å²) >= 11 is 4.76. The normalized spacial score (nSPS) is 10.6. The van der Waals surface area contributed by atoms with E-state index >= 15 is 0 Å². The number of thioether (sulfide) groups is 1. The highest BCUT2D eigenvalue weighted by Crippen LogP contribution is 2.28. The van der Waals surface area contributed by atoms with E-state index in [9.17, 15) is 4.79 Å². The Bertz CT molecular complexity index is 748. The number of thiazole rings is 1. The van der Waals surface area contributed by atoms with Crippen LogP contribution in [0.5, 0.6) is 0 Å². The van der Waals surface area contributed by atoms with E-state index in [1.807, 2.05) is 35.9 Å². The van der Waals surface area contributed by atoms with Crippen molar-refractivity contribution in [3.8, 4) is 9.88 Å². The predicted octanol–water partition coefficient (Wildman–Crippen LogP) is 4.52. The molecule has 0 aliphatic carbocycles. The van der Waals surface area contributed by atoms with Gasteiger partial charge in [0.05, 0.1) is 11.1 Å². The molecule has 0 unspecified atom stereocenters. The second-order valence-electron chi connectivity index (χ2n) is 4.54. The zero-order valence-corrected chi connectivity index (χ0v) is 14.4. The third kappa shape index (κ3) is 3.58. The van der Waals surface area contributed by atoms with Crippen molar-refractivity contribution >= 4 is 40.3 Å². The summed E-state index contributed by atoms with van der Waals surface area (Å²) in [5.41, 5.74) is 1.09. The van der Waals surface area contributed by atoms with Crippen molar-refractivity contribution in [2.45, 2.75) is 11.4 Å². The van der Waals surface area contributed by atoms with E-state index in [4.69, 9.17) is 0 Å².